The number of Topliss-reactive ketones (excluding diaryl/α,β-unsaturated/α-hetero) is 1. The van der Waals surface area contributed by atoms with Crippen LogP contribution in [-0.2, 0) is 11.2 Å². The van der Waals surface area contributed by atoms with Gasteiger partial charge in [-0.05, 0) is 17.7 Å². The molecule has 0 aliphatic carbocycles. The molecule has 0 atom stereocenters. The third kappa shape index (κ3) is 3.25. The van der Waals surface area contributed by atoms with E-state index in [2.05, 4.69) is 19.9 Å². The lowest BCUT2D eigenvalue weighted by molar-refractivity contribution is -0.116. The van der Waals surface area contributed by atoms with Crippen molar-refractivity contribution in [2.24, 2.45) is 0 Å². The van der Waals surface area contributed by atoms with Crippen molar-refractivity contribution >= 4 is 28.7 Å². The third-order valence-corrected chi connectivity index (χ3v) is 3.92. The molecule has 0 aliphatic heterocycles. The van der Waals surface area contributed by atoms with E-state index in [-0.39, 0.29) is 18.0 Å². The smallest absolute Gasteiger partial charge is 0.181 e. The molecule has 106 valence electrons. The fourth-order valence-corrected chi connectivity index (χ4v) is 2.70. The van der Waals surface area contributed by atoms with Gasteiger partial charge in [0.15, 0.2) is 5.65 Å². The number of benzene rings is 1. The molecule has 0 spiro atoms. The van der Waals surface area contributed by atoms with Gasteiger partial charge >= 0.3 is 0 Å². The van der Waals surface area contributed by atoms with Gasteiger partial charge < -0.3 is 4.98 Å². The highest BCUT2D eigenvalue weighted by molar-refractivity contribution is 8.00. The van der Waals surface area contributed by atoms with Gasteiger partial charge in [-0.15, -0.1) is 0 Å². The molecule has 3 rings (SSSR count). The van der Waals surface area contributed by atoms with Crippen molar-refractivity contribution in [2.45, 2.75) is 11.4 Å². The number of rotatable bonds is 5. The van der Waals surface area contributed by atoms with Gasteiger partial charge in [0.25, 0.3) is 0 Å². The lowest BCUT2D eigenvalue weighted by atomic mass is 10.1. The SMILES string of the molecule is O=C(CSc1ncnc2nc[nH]c12)Cc1ccc(F)cc1. The zero-order chi connectivity index (χ0) is 14.7. The molecule has 5 nitrogen and oxygen atoms in total. The first-order valence-electron chi connectivity index (χ1n) is 6.25. The Morgan fingerprint density at radius 1 is 1.19 bits per heavy atom. The second kappa shape index (κ2) is 6.01. The number of aromatic amines is 1. The maximum atomic E-state index is 12.8. The van der Waals surface area contributed by atoms with Gasteiger partial charge in [0.05, 0.1) is 12.1 Å². The molecule has 7 heteroatoms. The summed E-state index contributed by atoms with van der Waals surface area (Å²) in [6.45, 7) is 0. The van der Waals surface area contributed by atoms with Crippen LogP contribution in [0.15, 0.2) is 41.9 Å². The quantitative estimate of drug-likeness (QED) is 0.579. The molecule has 0 bridgehead atoms. The summed E-state index contributed by atoms with van der Waals surface area (Å²) in [5, 5.41) is 0.699. The van der Waals surface area contributed by atoms with Crippen LogP contribution in [0, 0.1) is 5.82 Å². The van der Waals surface area contributed by atoms with E-state index in [9.17, 15) is 9.18 Å². The molecular formula is C14H11FN4OS. The summed E-state index contributed by atoms with van der Waals surface area (Å²) in [6, 6.07) is 5.95. The summed E-state index contributed by atoms with van der Waals surface area (Å²) >= 11 is 1.34. The number of ketones is 1. The highest BCUT2D eigenvalue weighted by Crippen LogP contribution is 2.22. The minimum absolute atomic E-state index is 0.0536. The molecule has 2 heterocycles. The Hall–Kier alpha value is -2.28. The number of thioether (sulfide) groups is 1. The topological polar surface area (TPSA) is 71.5 Å². The van der Waals surface area contributed by atoms with E-state index in [1.165, 1.54) is 30.2 Å². The molecule has 0 unspecified atom stereocenters. The lowest BCUT2D eigenvalue weighted by Gasteiger charge is -2.02. The second-order valence-electron chi connectivity index (χ2n) is 4.41. The molecule has 1 aromatic carbocycles. The van der Waals surface area contributed by atoms with Crippen LogP contribution in [0.5, 0.6) is 0 Å². The van der Waals surface area contributed by atoms with Crippen molar-refractivity contribution < 1.29 is 9.18 Å². The van der Waals surface area contributed by atoms with E-state index in [0.717, 1.165) is 11.1 Å². The van der Waals surface area contributed by atoms with Gasteiger partial charge in [-0.2, -0.15) is 0 Å². The first kappa shape index (κ1) is 13.7. The number of halogens is 1. The molecular weight excluding hydrogens is 291 g/mol. The van der Waals surface area contributed by atoms with Crippen LogP contribution >= 0.6 is 11.8 Å². The molecule has 1 N–H and O–H groups in total. The van der Waals surface area contributed by atoms with E-state index < -0.39 is 0 Å². The molecule has 0 radical (unpaired) electrons. The summed E-state index contributed by atoms with van der Waals surface area (Å²) in [5.41, 5.74) is 2.12. The standard InChI is InChI=1S/C14H11FN4OS/c15-10-3-1-9(2-4-10)5-11(20)6-21-14-12-13(17-7-16-12)18-8-19-14/h1-4,7-8H,5-6H2,(H,16,17,18,19). The third-order valence-electron chi connectivity index (χ3n) is 2.87. The Kier molecular flexibility index (Phi) is 3.92. The first-order chi connectivity index (χ1) is 10.2. The van der Waals surface area contributed by atoms with Crippen molar-refractivity contribution in [3.63, 3.8) is 0 Å². The number of nitrogens with zero attached hydrogens (tertiary/aromatic N) is 3. The van der Waals surface area contributed by atoms with Crippen LogP contribution in [0.1, 0.15) is 5.56 Å². The Labute approximate surface area is 124 Å². The monoisotopic (exact) mass is 302 g/mol. The molecule has 21 heavy (non-hydrogen) atoms. The summed E-state index contributed by atoms with van der Waals surface area (Å²) in [4.78, 5) is 27.1. The largest absolute Gasteiger partial charge is 0.341 e. The van der Waals surface area contributed by atoms with Crippen LogP contribution in [-0.4, -0.2) is 31.5 Å². The molecule has 0 saturated heterocycles. The average molecular weight is 302 g/mol. The maximum absolute atomic E-state index is 12.8. The Morgan fingerprint density at radius 3 is 2.81 bits per heavy atom. The number of carbonyl (C=O) groups is 1. The number of hydrogen-bond acceptors (Lipinski definition) is 5. The highest BCUT2D eigenvalue weighted by atomic mass is 32.2. The maximum Gasteiger partial charge on any atom is 0.181 e. The normalized spacial score (nSPS) is 10.9. The number of fused-ring (bicyclic) bond motifs is 1. The molecule has 0 saturated carbocycles. The fourth-order valence-electron chi connectivity index (χ4n) is 1.88. The van der Waals surface area contributed by atoms with Crippen LogP contribution in [0.2, 0.25) is 0 Å². The lowest BCUT2D eigenvalue weighted by Crippen LogP contribution is -2.06. The summed E-state index contributed by atoms with van der Waals surface area (Å²) in [7, 11) is 0. The molecule has 3 aromatic rings. The zero-order valence-corrected chi connectivity index (χ0v) is 11.7. The minimum Gasteiger partial charge on any atom is -0.341 e. The number of aromatic nitrogens is 4. The molecule has 0 fully saturated rings. The van der Waals surface area contributed by atoms with Crippen LogP contribution in [0.4, 0.5) is 4.39 Å². The summed E-state index contributed by atoms with van der Waals surface area (Å²) in [6.07, 6.45) is 3.25. The predicted molar refractivity (Wildman–Crippen MR) is 77.5 cm³/mol. The van der Waals surface area contributed by atoms with E-state index in [1.807, 2.05) is 0 Å². The number of imidazole rings is 1. The molecule has 2 aromatic heterocycles. The number of carbonyl (C=O) groups excluding carboxylic acids is 1. The van der Waals surface area contributed by atoms with Gasteiger partial charge in [-0.1, -0.05) is 23.9 Å². The summed E-state index contributed by atoms with van der Waals surface area (Å²) < 4.78 is 12.8. The van der Waals surface area contributed by atoms with E-state index in [0.29, 0.717) is 16.4 Å². The van der Waals surface area contributed by atoms with Crippen molar-refractivity contribution in [1.29, 1.82) is 0 Å². The molecule has 0 amide bonds. The zero-order valence-electron chi connectivity index (χ0n) is 10.9. The fraction of sp³-hybridized carbons (Fsp3) is 0.143. The Bertz CT molecular complexity index is 772. The van der Waals surface area contributed by atoms with E-state index in [1.54, 1.807) is 18.5 Å². The highest BCUT2D eigenvalue weighted by Gasteiger charge is 2.10. The molecule has 0 aliphatic rings. The van der Waals surface area contributed by atoms with Crippen LogP contribution in [0.3, 0.4) is 0 Å². The van der Waals surface area contributed by atoms with Crippen molar-refractivity contribution in [3.8, 4) is 0 Å². The average Bonchev–Trinajstić information content (AvgIpc) is 2.96. The van der Waals surface area contributed by atoms with Gasteiger partial charge in [0, 0.05) is 6.42 Å². The van der Waals surface area contributed by atoms with Crippen LogP contribution in [0.25, 0.3) is 11.2 Å². The van der Waals surface area contributed by atoms with Gasteiger partial charge in [0.2, 0.25) is 0 Å². The summed E-state index contributed by atoms with van der Waals surface area (Å²) in [5.74, 6) is 0.0452. The van der Waals surface area contributed by atoms with E-state index in [4.69, 9.17) is 0 Å². The van der Waals surface area contributed by atoms with Gasteiger partial charge in [0.1, 0.15) is 28.5 Å². The van der Waals surface area contributed by atoms with Crippen LogP contribution < -0.4 is 0 Å². The van der Waals surface area contributed by atoms with Gasteiger partial charge in [-0.3, -0.25) is 4.79 Å². The second-order valence-corrected chi connectivity index (χ2v) is 5.37. The number of hydrogen-bond donors (Lipinski definition) is 1. The number of nitrogens with one attached hydrogen (secondary N) is 1. The van der Waals surface area contributed by atoms with Crippen molar-refractivity contribution in [3.05, 3.63) is 48.3 Å². The van der Waals surface area contributed by atoms with E-state index >= 15 is 0 Å². The van der Waals surface area contributed by atoms with Crippen molar-refractivity contribution in [2.75, 3.05) is 5.75 Å². The first-order valence-corrected chi connectivity index (χ1v) is 7.24. The Balaban J connectivity index is 1.63. The minimum atomic E-state index is -0.303. The number of H-pyrrole nitrogens is 1. The Morgan fingerprint density at radius 2 is 2.00 bits per heavy atom. The van der Waals surface area contributed by atoms with Crippen molar-refractivity contribution in [1.82, 2.24) is 19.9 Å². The van der Waals surface area contributed by atoms with Gasteiger partial charge in [-0.25, -0.2) is 19.3 Å². The predicted octanol–water partition coefficient (Wildman–Crippen LogP) is 2.40.